The highest BCUT2D eigenvalue weighted by molar-refractivity contribution is 14.1. The molecule has 0 bridgehead atoms. The lowest BCUT2D eigenvalue weighted by atomic mass is 9.83. The number of allylic oxidation sites excluding steroid dienone is 1. The molecular weight excluding hydrogens is 670 g/mol. The van der Waals surface area contributed by atoms with Crippen molar-refractivity contribution >= 4 is 68.3 Å². The predicted octanol–water partition coefficient (Wildman–Crippen LogP) is 5.23. The second-order valence-electron chi connectivity index (χ2n) is 8.36. The number of fused-ring (bicyclic) bond motifs is 3. The zero-order valence-electron chi connectivity index (χ0n) is 17.8. The number of hydrogen-bond acceptors (Lipinski definition) is 4. The van der Waals surface area contributed by atoms with Crippen LogP contribution in [0.15, 0.2) is 82.1 Å². The van der Waals surface area contributed by atoms with E-state index in [9.17, 15) is 9.90 Å². The van der Waals surface area contributed by atoms with E-state index < -0.39 is 0 Å². The Morgan fingerprint density at radius 1 is 1.00 bits per heavy atom. The minimum atomic E-state index is -0.164. The van der Waals surface area contributed by atoms with E-state index in [0.717, 1.165) is 41.6 Å². The lowest BCUT2D eigenvalue weighted by Crippen LogP contribution is -2.38. The van der Waals surface area contributed by atoms with Crippen LogP contribution in [0.25, 0.3) is 11.8 Å². The molecule has 1 N–H and O–H groups in total. The summed E-state index contributed by atoms with van der Waals surface area (Å²) in [6.07, 6.45) is 3.74. The molecule has 34 heavy (non-hydrogen) atoms. The number of aryl methyl sites for hydroxylation is 1. The van der Waals surface area contributed by atoms with E-state index in [1.54, 1.807) is 0 Å². The van der Waals surface area contributed by atoms with E-state index in [-0.39, 0.29) is 17.4 Å². The normalized spacial score (nSPS) is 17.1. The van der Waals surface area contributed by atoms with Crippen molar-refractivity contribution in [2.45, 2.75) is 18.9 Å². The molecule has 1 aromatic heterocycles. The van der Waals surface area contributed by atoms with Crippen molar-refractivity contribution in [3.8, 4) is 5.75 Å². The molecule has 0 radical (unpaired) electrons. The minimum Gasteiger partial charge on any atom is -0.506 e. The molecule has 1 atom stereocenters. The van der Waals surface area contributed by atoms with Gasteiger partial charge in [0.15, 0.2) is 4.80 Å². The van der Waals surface area contributed by atoms with Gasteiger partial charge in [-0.1, -0.05) is 65.9 Å². The van der Waals surface area contributed by atoms with Gasteiger partial charge in [0, 0.05) is 5.56 Å². The van der Waals surface area contributed by atoms with Gasteiger partial charge in [-0.3, -0.25) is 9.36 Å². The molecule has 6 rings (SSSR count). The molecule has 0 spiro atoms. The highest BCUT2D eigenvalue weighted by Crippen LogP contribution is 2.41. The Bertz CT molecular complexity index is 1650. The monoisotopic (exact) mass is 688 g/mol. The molecule has 168 valence electrons. The molecule has 1 aliphatic carbocycles. The van der Waals surface area contributed by atoms with Crippen molar-refractivity contribution in [3.63, 3.8) is 0 Å². The number of nitrogens with zero attached hydrogens (tertiary/aromatic N) is 2. The van der Waals surface area contributed by atoms with Crippen molar-refractivity contribution < 1.29 is 5.11 Å². The molecule has 0 fully saturated rings. The number of halogens is 2. The quantitative estimate of drug-likeness (QED) is 0.294. The molecule has 1 aliphatic heterocycles. The number of phenols is 1. The molecule has 3 aromatic carbocycles. The van der Waals surface area contributed by atoms with Crippen LogP contribution in [0.3, 0.4) is 0 Å². The third-order valence-corrected chi connectivity index (χ3v) is 8.95. The Morgan fingerprint density at radius 3 is 2.47 bits per heavy atom. The Hall–Kier alpha value is -2.24. The molecule has 7 heteroatoms. The predicted molar refractivity (Wildman–Crippen MR) is 153 cm³/mol. The first-order chi connectivity index (χ1) is 16.5. The Morgan fingerprint density at radius 2 is 1.71 bits per heavy atom. The zero-order valence-corrected chi connectivity index (χ0v) is 23.0. The summed E-state index contributed by atoms with van der Waals surface area (Å²) in [5, 5.41) is 10.1. The van der Waals surface area contributed by atoms with Gasteiger partial charge < -0.3 is 5.11 Å². The van der Waals surface area contributed by atoms with Crippen LogP contribution in [0.5, 0.6) is 5.75 Å². The zero-order chi connectivity index (χ0) is 23.4. The average molecular weight is 688 g/mol. The van der Waals surface area contributed by atoms with Gasteiger partial charge in [-0.15, -0.1) is 0 Å². The van der Waals surface area contributed by atoms with E-state index in [1.807, 2.05) is 41.0 Å². The average Bonchev–Trinajstić information content (AvgIpc) is 3.16. The van der Waals surface area contributed by atoms with Gasteiger partial charge in [0.1, 0.15) is 5.75 Å². The second kappa shape index (κ2) is 8.76. The number of benzene rings is 3. The molecular formula is C27H18I2N2O2S. The van der Waals surface area contributed by atoms with E-state index in [1.165, 1.54) is 28.0 Å². The molecule has 0 unspecified atom stereocenters. The van der Waals surface area contributed by atoms with Gasteiger partial charge in [0.05, 0.1) is 23.4 Å². The van der Waals surface area contributed by atoms with E-state index in [0.29, 0.717) is 4.53 Å². The first-order valence-corrected chi connectivity index (χ1v) is 13.8. The molecule has 2 heterocycles. The summed E-state index contributed by atoms with van der Waals surface area (Å²) in [5.41, 5.74) is 6.66. The van der Waals surface area contributed by atoms with Gasteiger partial charge in [0.2, 0.25) is 0 Å². The summed E-state index contributed by atoms with van der Waals surface area (Å²) in [6, 6.07) is 22.4. The Kier molecular flexibility index (Phi) is 5.73. The summed E-state index contributed by atoms with van der Waals surface area (Å²) in [6.45, 7) is 0. The fourth-order valence-corrected chi connectivity index (χ4v) is 7.59. The van der Waals surface area contributed by atoms with E-state index in [2.05, 4.69) is 81.6 Å². The fourth-order valence-electron chi connectivity index (χ4n) is 4.78. The molecule has 2 aliphatic rings. The fraction of sp³-hybridized carbons (Fsp3) is 0.111. The number of aromatic hydroxyl groups is 1. The molecule has 0 saturated heterocycles. The third kappa shape index (κ3) is 3.68. The van der Waals surface area contributed by atoms with Gasteiger partial charge in [0.25, 0.3) is 5.56 Å². The van der Waals surface area contributed by atoms with E-state index in [4.69, 9.17) is 4.99 Å². The summed E-state index contributed by atoms with van der Waals surface area (Å²) < 4.78 is 4.04. The van der Waals surface area contributed by atoms with Crippen LogP contribution in [0.1, 0.15) is 34.7 Å². The van der Waals surface area contributed by atoms with Gasteiger partial charge >= 0.3 is 0 Å². The van der Waals surface area contributed by atoms with E-state index >= 15 is 0 Å². The number of rotatable bonds is 2. The van der Waals surface area contributed by atoms with Crippen LogP contribution in [-0.4, -0.2) is 9.67 Å². The maximum atomic E-state index is 13.8. The highest BCUT2D eigenvalue weighted by Gasteiger charge is 2.32. The number of hydrogen-bond donors (Lipinski definition) is 1. The molecule has 0 saturated carbocycles. The third-order valence-electron chi connectivity index (χ3n) is 6.33. The number of phenolic OH excluding ortho intramolecular Hbond substituents is 1. The summed E-state index contributed by atoms with van der Waals surface area (Å²) in [5.74, 6) is 0.273. The van der Waals surface area contributed by atoms with Crippen molar-refractivity contribution in [2.75, 3.05) is 0 Å². The minimum absolute atomic E-state index is 0.0268. The number of aromatic nitrogens is 1. The lowest BCUT2D eigenvalue weighted by molar-refractivity contribution is 0.467. The van der Waals surface area contributed by atoms with Gasteiger partial charge in [-0.05, 0) is 98.5 Å². The number of thiazole rings is 1. The molecule has 4 aromatic rings. The Balaban J connectivity index is 1.62. The van der Waals surface area contributed by atoms with Crippen LogP contribution in [0.2, 0.25) is 0 Å². The highest BCUT2D eigenvalue weighted by atomic mass is 127. The van der Waals surface area contributed by atoms with Crippen LogP contribution >= 0.6 is 56.5 Å². The smallest absolute Gasteiger partial charge is 0.271 e. The largest absolute Gasteiger partial charge is 0.506 e. The van der Waals surface area contributed by atoms with Crippen LogP contribution in [0.4, 0.5) is 0 Å². The molecule has 0 amide bonds. The van der Waals surface area contributed by atoms with Gasteiger partial charge in [-0.25, -0.2) is 4.99 Å². The summed E-state index contributed by atoms with van der Waals surface area (Å²) in [7, 11) is 0. The van der Waals surface area contributed by atoms with Crippen molar-refractivity contribution in [1.82, 2.24) is 4.57 Å². The van der Waals surface area contributed by atoms with Crippen molar-refractivity contribution in [2.24, 2.45) is 4.99 Å². The Labute approximate surface area is 227 Å². The topological polar surface area (TPSA) is 54.6 Å². The van der Waals surface area contributed by atoms with Crippen molar-refractivity contribution in [3.05, 3.63) is 121 Å². The van der Waals surface area contributed by atoms with Crippen LogP contribution < -0.4 is 14.9 Å². The first-order valence-electron chi connectivity index (χ1n) is 10.9. The second-order valence-corrected chi connectivity index (χ2v) is 11.7. The molecule has 4 nitrogen and oxygen atoms in total. The summed E-state index contributed by atoms with van der Waals surface area (Å²) in [4.78, 5) is 19.5. The maximum absolute atomic E-state index is 13.8. The first kappa shape index (κ1) is 22.2. The standard InChI is InChI=1S/C27H18I2N2O2S/c28-20-12-15(13-21(29)25(20)32)14-22-26(33)31-24(17-7-2-1-3-8-17)19-11-10-16-6-4-5-9-18(16)23(19)30-27(31)34-22/h1-9,12-14,24,32H,10-11H2/b22-14+/t24-/m1/s1. The lowest BCUT2D eigenvalue weighted by Gasteiger charge is -2.30. The van der Waals surface area contributed by atoms with Gasteiger partial charge in [-0.2, -0.15) is 0 Å². The SMILES string of the molecule is O=c1/c(=C\c2cc(I)c(O)c(I)c2)sc2n1[C@H](c1ccccc1)C1=C(N=2)c2ccccc2CC1. The van der Waals surface area contributed by atoms with Crippen LogP contribution in [-0.2, 0) is 6.42 Å². The van der Waals surface area contributed by atoms with Crippen molar-refractivity contribution in [1.29, 1.82) is 0 Å². The summed E-state index contributed by atoms with van der Waals surface area (Å²) >= 11 is 5.66. The van der Waals surface area contributed by atoms with Crippen LogP contribution in [0, 0.1) is 7.14 Å². The maximum Gasteiger partial charge on any atom is 0.271 e.